The van der Waals surface area contributed by atoms with Crippen LogP contribution in [-0.4, -0.2) is 49.2 Å². The Kier molecular flexibility index (Phi) is 5.67. The molecule has 7 heteroatoms. The maximum absolute atomic E-state index is 12.1. The summed E-state index contributed by atoms with van der Waals surface area (Å²) in [7, 11) is -0.309. The normalized spacial score (nSPS) is 12.3. The van der Waals surface area contributed by atoms with Crippen molar-refractivity contribution in [3.8, 4) is 0 Å². The molecule has 0 aliphatic heterocycles. The lowest BCUT2D eigenvalue weighted by Gasteiger charge is -2.24. The van der Waals surface area contributed by atoms with Crippen LogP contribution in [0.25, 0.3) is 0 Å². The largest absolute Gasteiger partial charge is 0.330 e. The second-order valence-corrected chi connectivity index (χ2v) is 6.23. The zero-order chi connectivity index (χ0) is 13.6. The Morgan fingerprint density at radius 1 is 1.33 bits per heavy atom. The fourth-order valence-corrected chi connectivity index (χ4v) is 2.65. The molecule has 0 bridgehead atoms. The van der Waals surface area contributed by atoms with Gasteiger partial charge in [0.25, 0.3) is 10.2 Å². The first-order valence-corrected chi connectivity index (χ1v) is 7.14. The first-order valence-electron chi connectivity index (χ1n) is 5.75. The van der Waals surface area contributed by atoms with Crippen LogP contribution in [0.5, 0.6) is 0 Å². The lowest BCUT2D eigenvalue weighted by Crippen LogP contribution is -2.40. The second kappa shape index (κ2) is 6.79. The van der Waals surface area contributed by atoms with E-state index < -0.39 is 10.2 Å². The summed E-state index contributed by atoms with van der Waals surface area (Å²) in [5.41, 5.74) is 6.23. The van der Waals surface area contributed by atoms with E-state index in [0.29, 0.717) is 26.1 Å². The van der Waals surface area contributed by atoms with E-state index >= 15 is 0 Å². The molecule has 0 spiro atoms. The Morgan fingerprint density at radius 3 is 2.61 bits per heavy atom. The van der Waals surface area contributed by atoms with Crippen molar-refractivity contribution in [1.29, 1.82) is 0 Å². The maximum atomic E-state index is 12.1. The highest BCUT2D eigenvalue weighted by molar-refractivity contribution is 7.86. The average Bonchev–Trinajstić information content (AvgIpc) is 2.36. The molecule has 0 radical (unpaired) electrons. The molecule has 0 unspecified atom stereocenters. The molecular weight excluding hydrogens is 252 g/mol. The van der Waals surface area contributed by atoms with Gasteiger partial charge in [-0.15, -0.1) is 0 Å². The molecule has 0 aliphatic carbocycles. The van der Waals surface area contributed by atoms with Crippen LogP contribution in [0.3, 0.4) is 0 Å². The third-order valence-electron chi connectivity index (χ3n) is 2.59. The van der Waals surface area contributed by atoms with E-state index in [2.05, 4.69) is 4.98 Å². The van der Waals surface area contributed by atoms with Gasteiger partial charge >= 0.3 is 0 Å². The molecule has 18 heavy (non-hydrogen) atoms. The van der Waals surface area contributed by atoms with Crippen LogP contribution < -0.4 is 5.73 Å². The van der Waals surface area contributed by atoms with Gasteiger partial charge in [-0.3, -0.25) is 4.98 Å². The summed E-state index contributed by atoms with van der Waals surface area (Å²) in [4.78, 5) is 3.96. The van der Waals surface area contributed by atoms with Crippen LogP contribution in [0.15, 0.2) is 24.5 Å². The minimum Gasteiger partial charge on any atom is -0.330 e. The standard InChI is InChI=1S/C11H20N4O2S/c1-14(8-4-6-12)18(16,17)15(2)10-11-5-3-7-13-9-11/h3,5,7,9H,4,6,8,10,12H2,1-2H3. The van der Waals surface area contributed by atoms with E-state index in [9.17, 15) is 8.42 Å². The Labute approximate surface area is 109 Å². The number of pyridine rings is 1. The second-order valence-electron chi connectivity index (χ2n) is 4.09. The van der Waals surface area contributed by atoms with Gasteiger partial charge in [-0.2, -0.15) is 17.0 Å². The van der Waals surface area contributed by atoms with Crippen LogP contribution in [-0.2, 0) is 16.8 Å². The van der Waals surface area contributed by atoms with Gasteiger partial charge in [0.15, 0.2) is 0 Å². The number of nitrogens with zero attached hydrogens (tertiary/aromatic N) is 3. The van der Waals surface area contributed by atoms with Gasteiger partial charge in [0.05, 0.1) is 0 Å². The smallest absolute Gasteiger partial charge is 0.281 e. The lowest BCUT2D eigenvalue weighted by atomic mass is 10.3. The summed E-state index contributed by atoms with van der Waals surface area (Å²) < 4.78 is 26.9. The molecule has 0 atom stereocenters. The molecule has 1 heterocycles. The molecule has 0 aromatic carbocycles. The van der Waals surface area contributed by atoms with Crippen LogP contribution >= 0.6 is 0 Å². The molecule has 0 saturated carbocycles. The van der Waals surface area contributed by atoms with Crippen molar-refractivity contribution in [2.75, 3.05) is 27.2 Å². The van der Waals surface area contributed by atoms with Gasteiger partial charge in [-0.1, -0.05) is 6.07 Å². The topological polar surface area (TPSA) is 79.5 Å². The van der Waals surface area contributed by atoms with Crippen molar-refractivity contribution in [3.63, 3.8) is 0 Å². The number of aromatic nitrogens is 1. The predicted molar refractivity (Wildman–Crippen MR) is 70.9 cm³/mol. The first kappa shape index (κ1) is 15.0. The SMILES string of the molecule is CN(CCCN)S(=O)(=O)N(C)Cc1cccnc1. The quantitative estimate of drug-likeness (QED) is 0.760. The van der Waals surface area contributed by atoms with E-state index in [1.165, 1.54) is 8.61 Å². The van der Waals surface area contributed by atoms with E-state index in [-0.39, 0.29) is 0 Å². The Hall–Kier alpha value is -1.02. The number of hydrogen-bond acceptors (Lipinski definition) is 4. The van der Waals surface area contributed by atoms with Crippen molar-refractivity contribution in [2.24, 2.45) is 5.73 Å². The summed E-state index contributed by atoms with van der Waals surface area (Å²) in [6, 6.07) is 3.63. The van der Waals surface area contributed by atoms with Crippen LogP contribution in [0.4, 0.5) is 0 Å². The highest BCUT2D eigenvalue weighted by atomic mass is 32.2. The molecular formula is C11H20N4O2S. The van der Waals surface area contributed by atoms with Gasteiger partial charge in [-0.05, 0) is 24.6 Å². The molecule has 2 N–H and O–H groups in total. The Bertz CT molecular complexity index is 449. The van der Waals surface area contributed by atoms with Gasteiger partial charge in [-0.25, -0.2) is 0 Å². The molecule has 0 amide bonds. The third kappa shape index (κ3) is 4.02. The molecule has 6 nitrogen and oxygen atoms in total. The molecule has 0 fully saturated rings. The number of nitrogens with two attached hydrogens (primary N) is 1. The van der Waals surface area contributed by atoms with E-state index in [4.69, 9.17) is 5.73 Å². The van der Waals surface area contributed by atoms with Gasteiger partial charge in [0, 0.05) is 39.6 Å². The monoisotopic (exact) mass is 272 g/mol. The first-order chi connectivity index (χ1) is 8.48. The minimum atomic E-state index is -3.43. The van der Waals surface area contributed by atoms with Crippen LogP contribution in [0.2, 0.25) is 0 Å². The van der Waals surface area contributed by atoms with Crippen LogP contribution in [0, 0.1) is 0 Å². The Balaban J connectivity index is 2.67. The Morgan fingerprint density at radius 2 is 2.06 bits per heavy atom. The molecule has 1 aromatic heterocycles. The molecule has 0 aliphatic rings. The summed E-state index contributed by atoms with van der Waals surface area (Å²) in [5, 5.41) is 0. The van der Waals surface area contributed by atoms with E-state index in [1.807, 2.05) is 6.07 Å². The van der Waals surface area contributed by atoms with Gasteiger partial charge < -0.3 is 5.73 Å². The van der Waals surface area contributed by atoms with Crippen molar-refractivity contribution in [1.82, 2.24) is 13.6 Å². The number of rotatable bonds is 7. The van der Waals surface area contributed by atoms with Crippen molar-refractivity contribution >= 4 is 10.2 Å². The fourth-order valence-electron chi connectivity index (χ4n) is 1.50. The average molecular weight is 272 g/mol. The summed E-state index contributed by atoms with van der Waals surface area (Å²) in [6.07, 6.45) is 3.97. The highest BCUT2D eigenvalue weighted by Crippen LogP contribution is 2.09. The summed E-state index contributed by atoms with van der Waals surface area (Å²) >= 11 is 0. The van der Waals surface area contributed by atoms with Gasteiger partial charge in [0.1, 0.15) is 0 Å². The fraction of sp³-hybridized carbons (Fsp3) is 0.545. The maximum Gasteiger partial charge on any atom is 0.281 e. The van der Waals surface area contributed by atoms with Crippen LogP contribution in [0.1, 0.15) is 12.0 Å². The molecule has 102 valence electrons. The van der Waals surface area contributed by atoms with E-state index in [1.54, 1.807) is 32.6 Å². The molecule has 1 aromatic rings. The number of hydrogen-bond donors (Lipinski definition) is 1. The summed E-state index contributed by atoms with van der Waals surface area (Å²) in [5.74, 6) is 0. The van der Waals surface area contributed by atoms with Gasteiger partial charge in [0.2, 0.25) is 0 Å². The highest BCUT2D eigenvalue weighted by Gasteiger charge is 2.23. The zero-order valence-electron chi connectivity index (χ0n) is 10.8. The summed E-state index contributed by atoms with van der Waals surface area (Å²) in [6.45, 7) is 1.21. The third-order valence-corrected chi connectivity index (χ3v) is 4.48. The lowest BCUT2D eigenvalue weighted by molar-refractivity contribution is 0.387. The predicted octanol–water partition coefficient (Wildman–Crippen LogP) is 0.0388. The zero-order valence-corrected chi connectivity index (χ0v) is 11.6. The molecule has 1 rings (SSSR count). The van der Waals surface area contributed by atoms with Crippen molar-refractivity contribution in [2.45, 2.75) is 13.0 Å². The molecule has 0 saturated heterocycles. The van der Waals surface area contributed by atoms with Crippen molar-refractivity contribution < 1.29 is 8.42 Å². The van der Waals surface area contributed by atoms with E-state index in [0.717, 1.165) is 5.56 Å². The minimum absolute atomic E-state index is 0.309. The van der Waals surface area contributed by atoms with Crippen molar-refractivity contribution in [3.05, 3.63) is 30.1 Å².